The van der Waals surface area contributed by atoms with E-state index in [1.165, 1.54) is 24.0 Å². The number of nitrogens with zero attached hydrogens (tertiary/aromatic N) is 1. The number of carbonyl (C=O) groups is 8. The highest BCUT2D eigenvalue weighted by Crippen LogP contribution is 2.26. The van der Waals surface area contributed by atoms with Gasteiger partial charge < -0.3 is 69.2 Å². The summed E-state index contributed by atoms with van der Waals surface area (Å²) < 4.78 is 0. The first kappa shape index (κ1) is 55.7. The Morgan fingerprint density at radius 3 is 2.15 bits per heavy atom. The van der Waals surface area contributed by atoms with Crippen molar-refractivity contribution in [1.82, 2.24) is 41.8 Å². The SMILES string of the molecule is C[C@@H](O)[C@H](NC(=O)C1CSSC[C@H](NC(=O)[C@H](N)Cc2ccccc2)C(=O)N[C@@H](Cc2ccc(O)cc2)C(=O)NC(Cc2c[nH]c3ccccc23)C(=O)N[C@@H](CCCCN)C(=O)N2CCC[C@H]2C(=O)N1)C(N)=O. The fourth-order valence-electron chi connectivity index (χ4n) is 8.67. The zero-order valence-electron chi connectivity index (χ0n) is 40.4. The van der Waals surface area contributed by atoms with Gasteiger partial charge in [-0.05, 0) is 86.9 Å². The van der Waals surface area contributed by atoms with Crippen molar-refractivity contribution < 1.29 is 48.6 Å². The highest BCUT2D eigenvalue weighted by atomic mass is 33.1. The smallest absolute Gasteiger partial charge is 0.245 e. The van der Waals surface area contributed by atoms with Gasteiger partial charge in [0.05, 0.1) is 12.1 Å². The first-order valence-electron chi connectivity index (χ1n) is 24.2. The Morgan fingerprint density at radius 2 is 1.45 bits per heavy atom. The van der Waals surface area contributed by atoms with Gasteiger partial charge in [0.2, 0.25) is 47.3 Å². The number of H-pyrrole nitrogens is 1. The van der Waals surface area contributed by atoms with Crippen molar-refractivity contribution in [3.63, 3.8) is 0 Å². The molecule has 0 saturated carbocycles. The van der Waals surface area contributed by atoms with Crippen LogP contribution in [-0.2, 0) is 57.6 Å². The van der Waals surface area contributed by atoms with E-state index in [1.54, 1.807) is 42.6 Å². The lowest BCUT2D eigenvalue weighted by atomic mass is 10.0. The number of phenols is 1. The average molecular weight is 1040 g/mol. The molecular weight excluding hydrogens is 979 g/mol. The van der Waals surface area contributed by atoms with Crippen LogP contribution in [0.2, 0.25) is 0 Å². The number of aromatic amines is 1. The number of hydrogen-bond donors (Lipinski definition) is 12. The van der Waals surface area contributed by atoms with E-state index in [0.29, 0.717) is 36.9 Å². The maximum absolute atomic E-state index is 14.8. The van der Waals surface area contributed by atoms with Gasteiger partial charge in [0.25, 0.3) is 0 Å². The third-order valence-corrected chi connectivity index (χ3v) is 15.1. The molecule has 2 aliphatic heterocycles. The number of hydrogen-bond acceptors (Lipinski definition) is 14. The van der Waals surface area contributed by atoms with E-state index in [9.17, 15) is 48.6 Å². The standard InChI is InChI=1S/C50H65N11O10S2/c1-28(62)42(43(53)64)60-48(69)40-27-73-72-26-39(58-44(65)34(52)22-29-10-3-2-4-11-29)47(68)56-37(23-30-16-18-32(63)19-17-30)45(66)57-38(24-31-25-54-35-13-6-5-12-33(31)35)46(67)55-36(14-7-8-20-51)50(71)61-21-9-15-41(61)49(70)59-40/h2-6,10-13,16-19,25,28,34,36-42,54,62-63H,7-9,14-15,20-24,26-27,51-52H2,1H3,(H2,53,64)(H,55,67)(H,56,68)(H,57,66)(H,58,65)(H,59,70)(H,60,69)/t28-,34-,36+,37+,38?,39+,40?,41+,42+/m1/s1. The number of aromatic hydroxyl groups is 1. The number of fused-ring (bicyclic) bond motifs is 2. The summed E-state index contributed by atoms with van der Waals surface area (Å²) >= 11 is 0. The Balaban J connectivity index is 1.40. The molecule has 6 rings (SSSR count). The van der Waals surface area contributed by atoms with Crippen LogP contribution in [0, 0.1) is 0 Å². The minimum absolute atomic E-state index is 0.0428. The molecule has 2 aliphatic rings. The lowest BCUT2D eigenvalue weighted by molar-refractivity contribution is -0.142. The predicted molar refractivity (Wildman–Crippen MR) is 277 cm³/mol. The van der Waals surface area contributed by atoms with Gasteiger partial charge in [-0.25, -0.2) is 0 Å². The summed E-state index contributed by atoms with van der Waals surface area (Å²) in [6.07, 6.45) is 1.88. The van der Waals surface area contributed by atoms with E-state index in [2.05, 4.69) is 36.9 Å². The summed E-state index contributed by atoms with van der Waals surface area (Å²) in [5.74, 6) is -6.61. The second-order valence-corrected chi connectivity index (χ2v) is 20.8. The number of carbonyl (C=O) groups excluding carboxylic acids is 8. The van der Waals surface area contributed by atoms with Crippen molar-refractivity contribution in [3.05, 3.63) is 102 Å². The number of nitrogens with one attached hydrogen (secondary N) is 7. The second kappa shape index (κ2) is 26.9. The number of para-hydroxylation sites is 1. The normalized spacial score (nSPS) is 22.9. The number of rotatable bonds is 16. The van der Waals surface area contributed by atoms with Crippen molar-refractivity contribution in [3.8, 4) is 5.75 Å². The summed E-state index contributed by atoms with van der Waals surface area (Å²) in [6.45, 7) is 1.70. The van der Waals surface area contributed by atoms with Gasteiger partial charge in [0, 0.05) is 48.0 Å². The van der Waals surface area contributed by atoms with Crippen LogP contribution >= 0.6 is 21.6 Å². The molecule has 0 aliphatic carbocycles. The van der Waals surface area contributed by atoms with Crippen LogP contribution in [0.4, 0.5) is 0 Å². The molecule has 2 fully saturated rings. The van der Waals surface area contributed by atoms with Crippen LogP contribution in [-0.4, -0.2) is 146 Å². The van der Waals surface area contributed by atoms with Crippen LogP contribution in [0.25, 0.3) is 10.9 Å². The van der Waals surface area contributed by atoms with Gasteiger partial charge >= 0.3 is 0 Å². The number of unbranched alkanes of at least 4 members (excludes halogenated alkanes) is 1. The van der Waals surface area contributed by atoms with Crippen molar-refractivity contribution >= 4 is 79.7 Å². The number of amides is 8. The third kappa shape index (κ3) is 15.7. The Bertz CT molecular complexity index is 2570. The summed E-state index contributed by atoms with van der Waals surface area (Å²) in [7, 11) is 2.07. The number of aliphatic hydroxyl groups excluding tert-OH is 1. The maximum Gasteiger partial charge on any atom is 0.245 e. The van der Waals surface area contributed by atoms with Crippen molar-refractivity contribution in [2.45, 2.75) is 113 Å². The van der Waals surface area contributed by atoms with E-state index < -0.39 is 102 Å². The van der Waals surface area contributed by atoms with Gasteiger partial charge in [-0.2, -0.15) is 0 Å². The number of benzene rings is 3. The molecule has 9 atom stereocenters. The molecule has 1 aromatic heterocycles. The molecule has 3 aromatic carbocycles. The fourth-order valence-corrected chi connectivity index (χ4v) is 11.0. The molecule has 15 N–H and O–H groups in total. The predicted octanol–water partition coefficient (Wildman–Crippen LogP) is -0.481. The second-order valence-electron chi connectivity index (χ2n) is 18.2. The largest absolute Gasteiger partial charge is 0.508 e. The number of aliphatic hydroxyl groups is 1. The summed E-state index contributed by atoms with van der Waals surface area (Å²) in [4.78, 5) is 118. The molecule has 0 spiro atoms. The van der Waals surface area contributed by atoms with Crippen molar-refractivity contribution in [2.75, 3.05) is 24.6 Å². The Kier molecular flexibility index (Phi) is 20.5. The van der Waals surface area contributed by atoms with Crippen molar-refractivity contribution in [1.29, 1.82) is 0 Å². The van der Waals surface area contributed by atoms with E-state index in [1.807, 2.05) is 30.3 Å². The molecule has 2 saturated heterocycles. The average Bonchev–Trinajstić information content (AvgIpc) is 4.03. The van der Waals surface area contributed by atoms with Crippen molar-refractivity contribution in [2.24, 2.45) is 17.2 Å². The molecule has 23 heteroatoms. The van der Waals surface area contributed by atoms with Crippen LogP contribution in [0.3, 0.4) is 0 Å². The molecule has 21 nitrogen and oxygen atoms in total. The van der Waals surface area contributed by atoms with E-state index in [4.69, 9.17) is 17.2 Å². The van der Waals surface area contributed by atoms with E-state index in [-0.39, 0.29) is 55.9 Å². The molecule has 2 unspecified atom stereocenters. The van der Waals surface area contributed by atoms with Gasteiger partial charge in [0.1, 0.15) is 48.0 Å². The fraction of sp³-hybridized carbons (Fsp3) is 0.440. The highest BCUT2D eigenvalue weighted by molar-refractivity contribution is 8.76. The number of phenolic OH excluding ortho intramolecular Hbond substituents is 1. The Labute approximate surface area is 430 Å². The summed E-state index contributed by atoms with van der Waals surface area (Å²) in [5, 5.41) is 37.5. The molecule has 4 aromatic rings. The molecule has 0 bridgehead atoms. The van der Waals surface area contributed by atoms with Gasteiger partial charge in [-0.15, -0.1) is 0 Å². The molecule has 0 radical (unpaired) electrons. The first-order chi connectivity index (χ1) is 35.0. The number of nitrogens with two attached hydrogens (primary N) is 3. The lowest BCUT2D eigenvalue weighted by Gasteiger charge is -2.31. The summed E-state index contributed by atoms with van der Waals surface area (Å²) in [6, 6.07) is 11.9. The molecule has 73 heavy (non-hydrogen) atoms. The van der Waals surface area contributed by atoms with Crippen LogP contribution < -0.4 is 49.1 Å². The van der Waals surface area contributed by atoms with Gasteiger partial charge in [-0.1, -0.05) is 82.3 Å². The number of aromatic nitrogens is 1. The molecule has 392 valence electrons. The topological polar surface area (TPSA) is 346 Å². The zero-order chi connectivity index (χ0) is 52.6. The monoisotopic (exact) mass is 1040 g/mol. The third-order valence-electron chi connectivity index (χ3n) is 12.7. The molecule has 3 heterocycles. The zero-order valence-corrected chi connectivity index (χ0v) is 42.1. The Morgan fingerprint density at radius 1 is 0.795 bits per heavy atom. The maximum atomic E-state index is 14.8. The Hall–Kier alpha value is -6.66. The van der Waals surface area contributed by atoms with Gasteiger partial charge in [0.15, 0.2) is 0 Å². The van der Waals surface area contributed by atoms with Crippen LogP contribution in [0.1, 0.15) is 55.7 Å². The lowest BCUT2D eigenvalue weighted by Crippen LogP contribution is -2.61. The minimum Gasteiger partial charge on any atom is -0.508 e. The van der Waals surface area contributed by atoms with E-state index in [0.717, 1.165) is 38.1 Å². The number of primary amides is 1. The van der Waals surface area contributed by atoms with Crippen LogP contribution in [0.5, 0.6) is 5.75 Å². The highest BCUT2D eigenvalue weighted by Gasteiger charge is 2.41. The van der Waals surface area contributed by atoms with E-state index >= 15 is 0 Å². The quantitative estimate of drug-likeness (QED) is 0.0499. The minimum atomic E-state index is -1.53. The van der Waals surface area contributed by atoms with Gasteiger partial charge in [-0.3, -0.25) is 38.4 Å². The van der Waals surface area contributed by atoms with Crippen LogP contribution in [0.15, 0.2) is 85.1 Å². The molecule has 8 amide bonds. The summed E-state index contributed by atoms with van der Waals surface area (Å²) in [5.41, 5.74) is 20.4. The molecular formula is C50H65N11O10S2. The first-order valence-corrected chi connectivity index (χ1v) is 26.7.